The van der Waals surface area contributed by atoms with Gasteiger partial charge in [0.05, 0.1) is 0 Å². The van der Waals surface area contributed by atoms with Crippen LogP contribution in [0.2, 0.25) is 0 Å². The summed E-state index contributed by atoms with van der Waals surface area (Å²) in [6.07, 6.45) is 7.33. The number of nitrogens with two attached hydrogens (primary N) is 1. The van der Waals surface area contributed by atoms with Gasteiger partial charge in [0, 0.05) is 11.6 Å². The Hall–Kier alpha value is -1.64. The number of ketones is 1. The highest BCUT2D eigenvalue weighted by atomic mass is 16.1. The molecule has 0 spiro atoms. The van der Waals surface area contributed by atoms with Crippen molar-refractivity contribution in [3.05, 3.63) is 36.0 Å². The summed E-state index contributed by atoms with van der Waals surface area (Å²) in [4.78, 5) is 21.3. The quantitative estimate of drug-likeness (QED) is 0.537. The molecule has 0 heterocycles. The molecular weight excluding hydrogens is 142 g/mol. The van der Waals surface area contributed by atoms with Gasteiger partial charge in [0.2, 0.25) is 5.91 Å². The van der Waals surface area contributed by atoms with Gasteiger partial charge < -0.3 is 5.73 Å². The molecule has 0 atom stereocenters. The van der Waals surface area contributed by atoms with E-state index in [0.29, 0.717) is 5.57 Å². The summed E-state index contributed by atoms with van der Waals surface area (Å²) in [7, 11) is 0. The van der Waals surface area contributed by atoms with Crippen LogP contribution in [-0.2, 0) is 9.59 Å². The van der Waals surface area contributed by atoms with E-state index in [4.69, 9.17) is 5.73 Å². The van der Waals surface area contributed by atoms with Crippen molar-refractivity contribution in [1.82, 2.24) is 0 Å². The molecule has 0 aromatic rings. The molecule has 3 heteroatoms. The second-order valence-electron chi connectivity index (χ2n) is 2.08. The van der Waals surface area contributed by atoms with Crippen LogP contribution in [-0.4, -0.2) is 11.7 Å². The van der Waals surface area contributed by atoms with Crippen molar-refractivity contribution >= 4 is 11.7 Å². The van der Waals surface area contributed by atoms with E-state index in [1.807, 2.05) is 0 Å². The first kappa shape index (κ1) is 7.47. The normalized spacial score (nSPS) is 19.3. The number of carbonyl (C=O) groups is 2. The van der Waals surface area contributed by atoms with Crippen LogP contribution in [0.15, 0.2) is 36.0 Å². The molecular formula is C8H7NO2. The molecule has 3 nitrogen and oxygen atoms in total. The second-order valence-corrected chi connectivity index (χ2v) is 2.08. The molecule has 0 bridgehead atoms. The molecule has 0 unspecified atom stereocenters. The van der Waals surface area contributed by atoms with Crippen LogP contribution in [0.1, 0.15) is 0 Å². The summed E-state index contributed by atoms with van der Waals surface area (Å²) in [6, 6.07) is 0. The van der Waals surface area contributed by atoms with Crippen molar-refractivity contribution in [2.24, 2.45) is 5.73 Å². The molecule has 56 valence electrons. The summed E-state index contributed by atoms with van der Waals surface area (Å²) in [5.74, 6) is -0.792. The Balaban J connectivity index is 2.90. The van der Waals surface area contributed by atoms with Gasteiger partial charge in [-0.05, 0) is 6.08 Å². The van der Waals surface area contributed by atoms with Crippen LogP contribution in [0.4, 0.5) is 0 Å². The highest BCUT2D eigenvalue weighted by molar-refractivity contribution is 6.10. The topological polar surface area (TPSA) is 60.2 Å². The molecule has 0 aromatic heterocycles. The lowest BCUT2D eigenvalue weighted by molar-refractivity contribution is -0.115. The fraction of sp³-hybridized carbons (Fsp3) is 0. The lowest BCUT2D eigenvalue weighted by Crippen LogP contribution is -2.10. The average Bonchev–Trinajstić information content (AvgIpc) is 1.93. The zero-order valence-electron chi connectivity index (χ0n) is 5.78. The first-order valence-corrected chi connectivity index (χ1v) is 3.10. The number of primary amides is 1. The number of rotatable bonds is 1. The second kappa shape index (κ2) is 2.96. The van der Waals surface area contributed by atoms with Crippen LogP contribution < -0.4 is 5.73 Å². The van der Waals surface area contributed by atoms with Crippen LogP contribution in [0.3, 0.4) is 0 Å². The van der Waals surface area contributed by atoms with E-state index in [1.54, 1.807) is 18.2 Å². The first-order valence-electron chi connectivity index (χ1n) is 3.10. The zero-order valence-corrected chi connectivity index (χ0v) is 5.78. The molecule has 11 heavy (non-hydrogen) atoms. The lowest BCUT2D eigenvalue weighted by Gasteiger charge is -1.97. The van der Waals surface area contributed by atoms with Gasteiger partial charge in [0.15, 0.2) is 5.78 Å². The molecule has 0 radical (unpaired) electrons. The zero-order chi connectivity index (χ0) is 8.27. The van der Waals surface area contributed by atoms with Crippen LogP contribution in [0, 0.1) is 0 Å². The van der Waals surface area contributed by atoms with Crippen molar-refractivity contribution in [1.29, 1.82) is 0 Å². The molecule has 0 saturated carbocycles. The Kier molecular flexibility index (Phi) is 2.01. The van der Waals surface area contributed by atoms with Gasteiger partial charge in [-0.15, -0.1) is 0 Å². The van der Waals surface area contributed by atoms with Crippen LogP contribution >= 0.6 is 0 Å². The predicted octanol–water partition coefficient (Wildman–Crippen LogP) is 0.0932. The Bertz CT molecular complexity index is 284. The Morgan fingerprint density at radius 1 is 1.36 bits per heavy atom. The lowest BCUT2D eigenvalue weighted by atomic mass is 10.1. The minimum Gasteiger partial charge on any atom is -0.366 e. The van der Waals surface area contributed by atoms with Gasteiger partial charge in [-0.2, -0.15) is 0 Å². The Morgan fingerprint density at radius 2 is 2.00 bits per heavy atom. The van der Waals surface area contributed by atoms with Gasteiger partial charge >= 0.3 is 0 Å². The maximum Gasteiger partial charge on any atom is 0.242 e. The van der Waals surface area contributed by atoms with Crippen molar-refractivity contribution in [2.45, 2.75) is 0 Å². The summed E-state index contributed by atoms with van der Waals surface area (Å²) in [5, 5.41) is 0. The van der Waals surface area contributed by atoms with E-state index in [-0.39, 0.29) is 5.78 Å². The predicted molar refractivity (Wildman–Crippen MR) is 40.6 cm³/mol. The summed E-state index contributed by atoms with van der Waals surface area (Å²) >= 11 is 0. The number of hydrogen-bond donors (Lipinski definition) is 1. The summed E-state index contributed by atoms with van der Waals surface area (Å²) in [5.41, 5.74) is 5.19. The molecule has 2 N–H and O–H groups in total. The smallest absolute Gasteiger partial charge is 0.242 e. The SMILES string of the molecule is NC(=O)/C=C1\C=CC=CC1=O. The number of carbonyl (C=O) groups excluding carboxylic acids is 2. The Labute approximate surface area is 63.9 Å². The van der Waals surface area contributed by atoms with E-state index in [2.05, 4.69) is 0 Å². The third-order valence-corrected chi connectivity index (χ3v) is 1.22. The summed E-state index contributed by atoms with van der Waals surface area (Å²) in [6.45, 7) is 0. The summed E-state index contributed by atoms with van der Waals surface area (Å²) < 4.78 is 0. The largest absolute Gasteiger partial charge is 0.366 e. The maximum atomic E-state index is 10.9. The van der Waals surface area contributed by atoms with E-state index in [9.17, 15) is 9.59 Å². The fourth-order valence-electron chi connectivity index (χ4n) is 0.753. The average molecular weight is 149 g/mol. The standard InChI is InChI=1S/C8H7NO2/c9-8(11)5-6-3-1-2-4-7(6)10/h1-5H,(H2,9,11)/b6-5+. The monoisotopic (exact) mass is 149 g/mol. The van der Waals surface area contributed by atoms with Crippen molar-refractivity contribution in [3.8, 4) is 0 Å². The molecule has 0 saturated heterocycles. The van der Waals surface area contributed by atoms with E-state index in [1.165, 1.54) is 6.08 Å². The van der Waals surface area contributed by atoms with Gasteiger partial charge in [-0.25, -0.2) is 0 Å². The van der Waals surface area contributed by atoms with Gasteiger partial charge in [-0.1, -0.05) is 18.2 Å². The third-order valence-electron chi connectivity index (χ3n) is 1.22. The minimum atomic E-state index is -0.603. The van der Waals surface area contributed by atoms with Crippen LogP contribution in [0.5, 0.6) is 0 Å². The van der Waals surface area contributed by atoms with E-state index in [0.717, 1.165) is 6.08 Å². The number of hydrogen-bond acceptors (Lipinski definition) is 2. The minimum absolute atomic E-state index is 0.189. The van der Waals surface area contributed by atoms with Gasteiger partial charge in [0.1, 0.15) is 0 Å². The molecule has 1 aliphatic rings. The van der Waals surface area contributed by atoms with Gasteiger partial charge in [0.25, 0.3) is 0 Å². The van der Waals surface area contributed by atoms with Crippen molar-refractivity contribution in [2.75, 3.05) is 0 Å². The van der Waals surface area contributed by atoms with E-state index >= 15 is 0 Å². The van der Waals surface area contributed by atoms with Gasteiger partial charge in [-0.3, -0.25) is 9.59 Å². The Morgan fingerprint density at radius 3 is 2.55 bits per heavy atom. The molecule has 0 fully saturated rings. The molecule has 1 amide bonds. The van der Waals surface area contributed by atoms with E-state index < -0.39 is 5.91 Å². The first-order chi connectivity index (χ1) is 5.20. The maximum absolute atomic E-state index is 10.9. The molecule has 1 aliphatic carbocycles. The fourth-order valence-corrected chi connectivity index (χ4v) is 0.753. The third kappa shape index (κ3) is 1.89. The van der Waals surface area contributed by atoms with Crippen molar-refractivity contribution < 1.29 is 9.59 Å². The molecule has 0 aromatic carbocycles. The number of allylic oxidation sites excluding steroid dienone is 5. The number of amides is 1. The highest BCUT2D eigenvalue weighted by Crippen LogP contribution is 2.04. The molecule has 0 aliphatic heterocycles. The van der Waals surface area contributed by atoms with Crippen molar-refractivity contribution in [3.63, 3.8) is 0 Å². The highest BCUT2D eigenvalue weighted by Gasteiger charge is 2.05. The molecule has 1 rings (SSSR count). The van der Waals surface area contributed by atoms with Crippen LogP contribution in [0.25, 0.3) is 0 Å².